The summed E-state index contributed by atoms with van der Waals surface area (Å²) in [4.78, 5) is 17.5. The van der Waals surface area contributed by atoms with Gasteiger partial charge in [-0.05, 0) is 44.0 Å². The van der Waals surface area contributed by atoms with Crippen molar-refractivity contribution < 1.29 is 9.53 Å². The van der Waals surface area contributed by atoms with Gasteiger partial charge in [-0.25, -0.2) is 4.98 Å². The summed E-state index contributed by atoms with van der Waals surface area (Å²) < 4.78 is 5.41. The topological polar surface area (TPSA) is 63.2 Å². The number of piperidine rings is 1. The summed E-state index contributed by atoms with van der Waals surface area (Å²) in [6.07, 6.45) is 4.06. The summed E-state index contributed by atoms with van der Waals surface area (Å²) in [7, 11) is 0. The standard InChI is InChI=1S/C16H17Cl2N3O2S/c17-11-1-2-12(18)13(7-11)23-9-15(22)21-16-20-8-14(24-16)10-3-5-19-6-4-10/h1-2,7-8,10,19H,3-6,9H2,(H,20,21,22). The van der Waals surface area contributed by atoms with Crippen LogP contribution >= 0.6 is 34.5 Å². The van der Waals surface area contributed by atoms with Crippen LogP contribution in [0, 0.1) is 0 Å². The van der Waals surface area contributed by atoms with Crippen LogP contribution in [0.15, 0.2) is 24.4 Å². The van der Waals surface area contributed by atoms with Gasteiger partial charge in [0.15, 0.2) is 11.7 Å². The van der Waals surface area contributed by atoms with Gasteiger partial charge in [-0.15, -0.1) is 11.3 Å². The normalized spacial score (nSPS) is 15.2. The van der Waals surface area contributed by atoms with Crippen LogP contribution in [0.25, 0.3) is 0 Å². The van der Waals surface area contributed by atoms with Crippen LogP contribution in [0.1, 0.15) is 23.6 Å². The number of amides is 1. The van der Waals surface area contributed by atoms with Crippen LogP contribution in [0.5, 0.6) is 5.75 Å². The van der Waals surface area contributed by atoms with Crippen LogP contribution in [0.3, 0.4) is 0 Å². The first-order valence-corrected chi connectivity index (χ1v) is 9.23. The SMILES string of the molecule is O=C(COc1cc(Cl)ccc1Cl)Nc1ncc(C2CCNCC2)s1. The molecule has 2 heterocycles. The molecule has 24 heavy (non-hydrogen) atoms. The quantitative estimate of drug-likeness (QED) is 0.817. The Bertz CT molecular complexity index is 717. The first-order valence-electron chi connectivity index (χ1n) is 7.66. The summed E-state index contributed by atoms with van der Waals surface area (Å²) in [5, 5.41) is 7.60. The van der Waals surface area contributed by atoms with E-state index in [1.165, 1.54) is 16.2 Å². The van der Waals surface area contributed by atoms with Gasteiger partial charge in [0.1, 0.15) is 5.75 Å². The highest BCUT2D eigenvalue weighted by atomic mass is 35.5. The van der Waals surface area contributed by atoms with Gasteiger partial charge in [-0.3, -0.25) is 10.1 Å². The molecule has 3 rings (SSSR count). The van der Waals surface area contributed by atoms with E-state index in [0.717, 1.165) is 25.9 Å². The van der Waals surface area contributed by atoms with Crippen molar-refractivity contribution in [2.45, 2.75) is 18.8 Å². The van der Waals surface area contributed by atoms with Crippen molar-refractivity contribution in [1.82, 2.24) is 10.3 Å². The highest BCUT2D eigenvalue weighted by Crippen LogP contribution is 2.32. The molecular formula is C16H17Cl2N3O2S. The van der Waals surface area contributed by atoms with E-state index in [0.29, 0.717) is 26.8 Å². The van der Waals surface area contributed by atoms with E-state index < -0.39 is 0 Å². The number of nitrogens with zero attached hydrogens (tertiary/aromatic N) is 1. The Labute approximate surface area is 154 Å². The van der Waals surface area contributed by atoms with Crippen molar-refractivity contribution in [1.29, 1.82) is 0 Å². The van der Waals surface area contributed by atoms with Gasteiger partial charge in [0.25, 0.3) is 5.91 Å². The Morgan fingerprint density at radius 2 is 2.17 bits per heavy atom. The van der Waals surface area contributed by atoms with Gasteiger partial charge in [0.2, 0.25) is 0 Å². The van der Waals surface area contributed by atoms with E-state index in [2.05, 4.69) is 15.6 Å². The Kier molecular flexibility index (Phi) is 5.94. The number of benzene rings is 1. The first kappa shape index (κ1) is 17.5. The maximum absolute atomic E-state index is 12.0. The number of carbonyl (C=O) groups excluding carboxylic acids is 1. The average molecular weight is 386 g/mol. The highest BCUT2D eigenvalue weighted by Gasteiger charge is 2.18. The molecule has 1 amide bonds. The lowest BCUT2D eigenvalue weighted by molar-refractivity contribution is -0.118. The van der Waals surface area contributed by atoms with Crippen molar-refractivity contribution in [2.24, 2.45) is 0 Å². The Morgan fingerprint density at radius 3 is 2.96 bits per heavy atom. The number of rotatable bonds is 5. The van der Waals surface area contributed by atoms with Crippen LogP contribution in [0.4, 0.5) is 5.13 Å². The van der Waals surface area contributed by atoms with Crippen LogP contribution in [-0.2, 0) is 4.79 Å². The number of hydrogen-bond donors (Lipinski definition) is 2. The maximum Gasteiger partial charge on any atom is 0.264 e. The van der Waals surface area contributed by atoms with Gasteiger partial charge < -0.3 is 10.1 Å². The number of aromatic nitrogens is 1. The molecule has 8 heteroatoms. The summed E-state index contributed by atoms with van der Waals surface area (Å²) in [5.41, 5.74) is 0. The molecule has 5 nitrogen and oxygen atoms in total. The van der Waals surface area contributed by atoms with Gasteiger partial charge >= 0.3 is 0 Å². The van der Waals surface area contributed by atoms with E-state index in [1.807, 2.05) is 6.20 Å². The van der Waals surface area contributed by atoms with Gasteiger partial charge in [0.05, 0.1) is 5.02 Å². The van der Waals surface area contributed by atoms with Crippen molar-refractivity contribution in [3.05, 3.63) is 39.3 Å². The number of thiazole rings is 1. The number of anilines is 1. The van der Waals surface area contributed by atoms with E-state index >= 15 is 0 Å². The second-order valence-electron chi connectivity index (χ2n) is 5.50. The van der Waals surface area contributed by atoms with Crippen molar-refractivity contribution in [3.8, 4) is 5.75 Å². The van der Waals surface area contributed by atoms with Crippen LogP contribution in [-0.4, -0.2) is 30.6 Å². The fourth-order valence-electron chi connectivity index (χ4n) is 2.53. The molecule has 1 aliphatic heterocycles. The van der Waals surface area contributed by atoms with Crippen molar-refractivity contribution >= 4 is 45.6 Å². The third kappa shape index (κ3) is 4.60. The molecular weight excluding hydrogens is 369 g/mol. The molecule has 2 aromatic rings. The minimum atomic E-state index is -0.280. The number of carbonyl (C=O) groups is 1. The zero-order valence-corrected chi connectivity index (χ0v) is 15.2. The number of halogens is 2. The third-order valence-electron chi connectivity index (χ3n) is 3.76. The average Bonchev–Trinajstić information content (AvgIpc) is 3.05. The fourth-order valence-corrected chi connectivity index (χ4v) is 3.86. The zero-order valence-electron chi connectivity index (χ0n) is 12.9. The zero-order chi connectivity index (χ0) is 16.9. The molecule has 1 aromatic carbocycles. The van der Waals surface area contributed by atoms with Gasteiger partial charge in [-0.1, -0.05) is 23.2 Å². The first-order chi connectivity index (χ1) is 11.6. The molecule has 0 radical (unpaired) electrons. The maximum atomic E-state index is 12.0. The third-order valence-corrected chi connectivity index (χ3v) is 5.39. The molecule has 0 spiro atoms. The predicted molar refractivity (Wildman–Crippen MR) is 97.5 cm³/mol. The lowest BCUT2D eigenvalue weighted by Gasteiger charge is -2.20. The van der Waals surface area contributed by atoms with Crippen molar-refractivity contribution in [3.63, 3.8) is 0 Å². The Hall–Kier alpha value is -1.34. The molecule has 1 aliphatic rings. The van der Waals surface area contributed by atoms with Gasteiger partial charge in [-0.2, -0.15) is 0 Å². The minimum absolute atomic E-state index is 0.150. The molecule has 1 aromatic heterocycles. The molecule has 0 bridgehead atoms. The number of hydrogen-bond acceptors (Lipinski definition) is 5. The van der Waals surface area contributed by atoms with E-state index in [1.54, 1.807) is 18.2 Å². The lowest BCUT2D eigenvalue weighted by Crippen LogP contribution is -2.26. The van der Waals surface area contributed by atoms with Crippen LogP contribution in [0.2, 0.25) is 10.0 Å². The van der Waals surface area contributed by atoms with Gasteiger partial charge in [0, 0.05) is 22.2 Å². The summed E-state index contributed by atoms with van der Waals surface area (Å²) >= 11 is 13.4. The summed E-state index contributed by atoms with van der Waals surface area (Å²) in [6, 6.07) is 4.87. The molecule has 0 saturated carbocycles. The second-order valence-corrected chi connectivity index (χ2v) is 7.41. The molecule has 128 valence electrons. The Morgan fingerprint density at radius 1 is 1.38 bits per heavy atom. The number of ether oxygens (including phenoxy) is 1. The number of nitrogens with one attached hydrogen (secondary N) is 2. The molecule has 0 aliphatic carbocycles. The largest absolute Gasteiger partial charge is 0.482 e. The minimum Gasteiger partial charge on any atom is -0.482 e. The van der Waals surface area contributed by atoms with E-state index in [4.69, 9.17) is 27.9 Å². The van der Waals surface area contributed by atoms with E-state index in [-0.39, 0.29) is 12.5 Å². The molecule has 1 saturated heterocycles. The van der Waals surface area contributed by atoms with E-state index in [9.17, 15) is 4.79 Å². The molecule has 1 fully saturated rings. The smallest absolute Gasteiger partial charge is 0.264 e. The predicted octanol–water partition coefficient (Wildman–Crippen LogP) is 3.93. The highest BCUT2D eigenvalue weighted by molar-refractivity contribution is 7.15. The van der Waals surface area contributed by atoms with Crippen LogP contribution < -0.4 is 15.4 Å². The monoisotopic (exact) mass is 385 g/mol. The molecule has 0 unspecified atom stereocenters. The Balaban J connectivity index is 1.53. The fraction of sp³-hybridized carbons (Fsp3) is 0.375. The lowest BCUT2D eigenvalue weighted by atomic mass is 9.97. The molecule has 0 atom stereocenters. The van der Waals surface area contributed by atoms with Crippen molar-refractivity contribution in [2.75, 3.05) is 25.0 Å². The molecule has 2 N–H and O–H groups in total. The second kappa shape index (κ2) is 8.16. The summed E-state index contributed by atoms with van der Waals surface area (Å²) in [5.74, 6) is 0.627. The summed E-state index contributed by atoms with van der Waals surface area (Å²) in [6.45, 7) is 1.90.